The van der Waals surface area contributed by atoms with Crippen LogP contribution in [0.5, 0.6) is 0 Å². The molecule has 1 amide bonds. The number of benzene rings is 1. The van der Waals surface area contributed by atoms with Crippen LogP contribution < -0.4 is 5.32 Å². The number of carbonyl (C=O) groups excluding carboxylic acids is 1. The zero-order valence-electron chi connectivity index (χ0n) is 10.8. The molecule has 0 saturated heterocycles. The maximum absolute atomic E-state index is 11.9. The molecule has 0 aliphatic carbocycles. The van der Waals surface area contributed by atoms with E-state index in [0.29, 0.717) is 10.7 Å². The van der Waals surface area contributed by atoms with Crippen LogP contribution in [0.15, 0.2) is 42.0 Å². The van der Waals surface area contributed by atoms with Gasteiger partial charge in [0, 0.05) is 17.1 Å². The summed E-state index contributed by atoms with van der Waals surface area (Å²) in [6, 6.07) is 8.12. The maximum atomic E-state index is 11.9. The maximum Gasteiger partial charge on any atom is 0.260 e. The average molecular weight is 284 g/mol. The van der Waals surface area contributed by atoms with Crippen molar-refractivity contribution in [2.24, 2.45) is 0 Å². The van der Waals surface area contributed by atoms with Crippen molar-refractivity contribution < 1.29 is 4.79 Å². The van der Waals surface area contributed by atoms with Crippen molar-refractivity contribution in [1.29, 1.82) is 0 Å². The second-order valence-electron chi connectivity index (χ2n) is 4.35. The number of aromatic amines is 1. The lowest BCUT2D eigenvalue weighted by Gasteiger charge is -1.98. The Morgan fingerprint density at radius 3 is 2.80 bits per heavy atom. The Morgan fingerprint density at radius 2 is 2.10 bits per heavy atom. The van der Waals surface area contributed by atoms with E-state index in [2.05, 4.69) is 20.5 Å². The van der Waals surface area contributed by atoms with Crippen molar-refractivity contribution in [2.75, 3.05) is 5.32 Å². The first-order valence-electron chi connectivity index (χ1n) is 6.05. The van der Waals surface area contributed by atoms with Crippen LogP contribution in [-0.2, 0) is 0 Å². The van der Waals surface area contributed by atoms with E-state index in [1.54, 1.807) is 6.20 Å². The Morgan fingerprint density at radius 1 is 1.30 bits per heavy atom. The molecular formula is C14H12N4OS. The molecule has 2 heterocycles. The topological polar surface area (TPSA) is 70.7 Å². The molecule has 2 aromatic heterocycles. The van der Waals surface area contributed by atoms with Gasteiger partial charge in [0.1, 0.15) is 0 Å². The molecule has 0 aliphatic rings. The molecule has 0 aliphatic heterocycles. The highest BCUT2D eigenvalue weighted by Gasteiger charge is 2.10. The average Bonchev–Trinajstić information content (AvgIpc) is 3.10. The minimum absolute atomic E-state index is 0.219. The van der Waals surface area contributed by atoms with Crippen molar-refractivity contribution in [3.63, 3.8) is 0 Å². The number of hydrogen-bond acceptors (Lipinski definition) is 4. The minimum Gasteiger partial charge on any atom is -0.298 e. The molecule has 1 aromatic carbocycles. The fraction of sp³-hybridized carbons (Fsp3) is 0.0714. The van der Waals surface area contributed by atoms with Gasteiger partial charge in [0.25, 0.3) is 5.91 Å². The number of carbonyl (C=O) groups is 1. The molecule has 0 fully saturated rings. The smallest absolute Gasteiger partial charge is 0.260 e. The number of H-pyrrole nitrogens is 1. The number of amides is 1. The molecule has 0 atom stereocenters. The first kappa shape index (κ1) is 12.6. The van der Waals surface area contributed by atoms with Crippen LogP contribution in [0.1, 0.15) is 15.9 Å². The van der Waals surface area contributed by atoms with Crippen molar-refractivity contribution in [1.82, 2.24) is 15.2 Å². The summed E-state index contributed by atoms with van der Waals surface area (Å²) in [5.74, 6) is -0.219. The van der Waals surface area contributed by atoms with E-state index in [9.17, 15) is 4.79 Å². The summed E-state index contributed by atoms with van der Waals surface area (Å²) in [7, 11) is 0. The largest absolute Gasteiger partial charge is 0.298 e. The van der Waals surface area contributed by atoms with E-state index in [4.69, 9.17) is 0 Å². The molecule has 0 unspecified atom stereocenters. The lowest BCUT2D eigenvalue weighted by molar-refractivity contribution is 0.102. The standard InChI is InChI=1S/C14H12N4OS/c1-9-2-4-10(5-3-9)12-8-20-14(17-12)18-13(19)11-6-15-16-7-11/h2-8H,1H3,(H,15,16)(H,17,18,19). The first-order valence-corrected chi connectivity index (χ1v) is 6.93. The second kappa shape index (κ2) is 5.26. The molecule has 100 valence electrons. The zero-order valence-corrected chi connectivity index (χ0v) is 11.6. The van der Waals surface area contributed by atoms with Gasteiger partial charge in [-0.2, -0.15) is 5.10 Å². The predicted molar refractivity (Wildman–Crippen MR) is 78.8 cm³/mol. The van der Waals surface area contributed by atoms with Gasteiger partial charge in [0.05, 0.1) is 17.5 Å². The molecule has 0 spiro atoms. The molecule has 6 heteroatoms. The molecule has 3 aromatic rings. The number of anilines is 1. The molecule has 0 saturated carbocycles. The number of nitrogens with zero attached hydrogens (tertiary/aromatic N) is 2. The van der Waals surface area contributed by atoms with E-state index < -0.39 is 0 Å². The van der Waals surface area contributed by atoms with Gasteiger partial charge in [-0.3, -0.25) is 15.2 Å². The lowest BCUT2D eigenvalue weighted by Crippen LogP contribution is -2.10. The Balaban J connectivity index is 1.77. The van der Waals surface area contributed by atoms with E-state index in [1.165, 1.54) is 23.1 Å². The van der Waals surface area contributed by atoms with Crippen LogP contribution in [0, 0.1) is 6.92 Å². The van der Waals surface area contributed by atoms with Crippen molar-refractivity contribution >= 4 is 22.4 Å². The van der Waals surface area contributed by atoms with Crippen LogP contribution >= 0.6 is 11.3 Å². The zero-order chi connectivity index (χ0) is 13.9. The number of aromatic nitrogens is 3. The van der Waals surface area contributed by atoms with Gasteiger partial charge in [-0.1, -0.05) is 29.8 Å². The Labute approximate surface area is 119 Å². The lowest BCUT2D eigenvalue weighted by atomic mass is 10.1. The van der Waals surface area contributed by atoms with Crippen molar-refractivity contribution in [3.05, 3.63) is 53.2 Å². The highest BCUT2D eigenvalue weighted by Crippen LogP contribution is 2.25. The van der Waals surface area contributed by atoms with Crippen molar-refractivity contribution in [3.8, 4) is 11.3 Å². The number of nitrogens with one attached hydrogen (secondary N) is 2. The highest BCUT2D eigenvalue weighted by atomic mass is 32.1. The van der Waals surface area contributed by atoms with Crippen molar-refractivity contribution in [2.45, 2.75) is 6.92 Å². The molecule has 2 N–H and O–H groups in total. The quantitative estimate of drug-likeness (QED) is 0.776. The third-order valence-electron chi connectivity index (χ3n) is 2.83. The highest BCUT2D eigenvalue weighted by molar-refractivity contribution is 7.14. The Bertz CT molecular complexity index is 716. The molecule has 0 bridgehead atoms. The monoisotopic (exact) mass is 284 g/mol. The Kier molecular flexibility index (Phi) is 3.30. The van der Waals surface area contributed by atoms with Gasteiger partial charge in [-0.05, 0) is 6.92 Å². The third kappa shape index (κ3) is 2.60. The van der Waals surface area contributed by atoms with Crippen LogP contribution in [0.2, 0.25) is 0 Å². The van der Waals surface area contributed by atoms with Gasteiger partial charge in [0.2, 0.25) is 0 Å². The fourth-order valence-electron chi connectivity index (χ4n) is 1.73. The van der Waals surface area contributed by atoms with E-state index >= 15 is 0 Å². The molecule has 0 radical (unpaired) electrons. The SMILES string of the molecule is Cc1ccc(-c2csc(NC(=O)c3cn[nH]c3)n2)cc1. The van der Waals surface area contributed by atoms with E-state index in [-0.39, 0.29) is 5.91 Å². The van der Waals surface area contributed by atoms with Crippen LogP contribution in [0.3, 0.4) is 0 Å². The summed E-state index contributed by atoms with van der Waals surface area (Å²) in [4.78, 5) is 16.3. The number of hydrogen-bond donors (Lipinski definition) is 2. The minimum atomic E-state index is -0.219. The fourth-order valence-corrected chi connectivity index (χ4v) is 2.45. The van der Waals surface area contributed by atoms with Crippen LogP contribution in [0.4, 0.5) is 5.13 Å². The molecule has 3 rings (SSSR count). The van der Waals surface area contributed by atoms with Crippen LogP contribution in [0.25, 0.3) is 11.3 Å². The van der Waals surface area contributed by atoms with Gasteiger partial charge < -0.3 is 0 Å². The summed E-state index contributed by atoms with van der Waals surface area (Å²) in [6.07, 6.45) is 3.02. The van der Waals surface area contributed by atoms with Crippen LogP contribution in [-0.4, -0.2) is 21.1 Å². The second-order valence-corrected chi connectivity index (χ2v) is 5.20. The Hall–Kier alpha value is -2.47. The number of rotatable bonds is 3. The molecule has 20 heavy (non-hydrogen) atoms. The summed E-state index contributed by atoms with van der Waals surface area (Å²) in [5, 5.41) is 11.6. The summed E-state index contributed by atoms with van der Waals surface area (Å²) >= 11 is 1.40. The van der Waals surface area contributed by atoms with Gasteiger partial charge in [0.15, 0.2) is 5.13 Å². The van der Waals surface area contributed by atoms with E-state index in [1.807, 2.05) is 36.6 Å². The summed E-state index contributed by atoms with van der Waals surface area (Å²) in [6.45, 7) is 2.04. The number of thiazole rings is 1. The van der Waals surface area contributed by atoms with Gasteiger partial charge in [-0.15, -0.1) is 11.3 Å². The normalized spacial score (nSPS) is 10.4. The van der Waals surface area contributed by atoms with Gasteiger partial charge >= 0.3 is 0 Å². The number of aryl methyl sites for hydroxylation is 1. The molecular weight excluding hydrogens is 272 g/mol. The molecule has 5 nitrogen and oxygen atoms in total. The van der Waals surface area contributed by atoms with Gasteiger partial charge in [-0.25, -0.2) is 4.98 Å². The third-order valence-corrected chi connectivity index (χ3v) is 3.59. The summed E-state index contributed by atoms with van der Waals surface area (Å²) < 4.78 is 0. The van der Waals surface area contributed by atoms with E-state index in [0.717, 1.165) is 11.3 Å². The predicted octanol–water partition coefficient (Wildman–Crippen LogP) is 3.09. The summed E-state index contributed by atoms with van der Waals surface area (Å²) in [5.41, 5.74) is 3.59. The first-order chi connectivity index (χ1) is 9.72.